The fourth-order valence-electron chi connectivity index (χ4n) is 1.34. The fourth-order valence-corrected chi connectivity index (χ4v) is 1.34. The van der Waals surface area contributed by atoms with Crippen molar-refractivity contribution in [1.82, 2.24) is 10.3 Å². The smallest absolute Gasteiger partial charge is 0.410 e. The van der Waals surface area contributed by atoms with Gasteiger partial charge in [0.1, 0.15) is 11.6 Å². The highest BCUT2D eigenvalue weighted by Crippen LogP contribution is 2.08. The number of benzene rings is 1. The standard InChI is InChI=1S/C13H11FN2O2/c14-11-7-4-8-15-12(11)9-16-13(17)18-10-5-2-1-3-6-10/h1-8H,9H2,(H,16,17). The highest BCUT2D eigenvalue weighted by atomic mass is 19.1. The number of halogens is 1. The van der Waals surface area contributed by atoms with Gasteiger partial charge in [0.25, 0.3) is 0 Å². The summed E-state index contributed by atoms with van der Waals surface area (Å²) >= 11 is 0. The second-order valence-electron chi connectivity index (χ2n) is 3.49. The Labute approximate surface area is 103 Å². The van der Waals surface area contributed by atoms with Crippen molar-refractivity contribution < 1.29 is 13.9 Å². The monoisotopic (exact) mass is 246 g/mol. The van der Waals surface area contributed by atoms with E-state index in [1.54, 1.807) is 24.3 Å². The summed E-state index contributed by atoms with van der Waals surface area (Å²) in [4.78, 5) is 15.2. The Balaban J connectivity index is 1.88. The number of aromatic nitrogens is 1. The summed E-state index contributed by atoms with van der Waals surface area (Å²) in [5.41, 5.74) is 0.169. The number of carbonyl (C=O) groups is 1. The average molecular weight is 246 g/mol. The molecule has 0 bridgehead atoms. The van der Waals surface area contributed by atoms with Gasteiger partial charge in [-0.25, -0.2) is 9.18 Å². The van der Waals surface area contributed by atoms with Gasteiger partial charge in [-0.05, 0) is 24.3 Å². The molecule has 18 heavy (non-hydrogen) atoms. The van der Waals surface area contributed by atoms with Gasteiger partial charge in [-0.1, -0.05) is 18.2 Å². The lowest BCUT2D eigenvalue weighted by Crippen LogP contribution is -2.27. The molecule has 0 aliphatic rings. The summed E-state index contributed by atoms with van der Waals surface area (Å²) in [7, 11) is 0. The lowest BCUT2D eigenvalue weighted by Gasteiger charge is -2.06. The van der Waals surface area contributed by atoms with E-state index in [0.29, 0.717) is 5.75 Å². The van der Waals surface area contributed by atoms with E-state index in [1.807, 2.05) is 6.07 Å². The molecule has 1 N–H and O–H groups in total. The van der Waals surface area contributed by atoms with Gasteiger partial charge in [0.15, 0.2) is 0 Å². The van der Waals surface area contributed by atoms with Gasteiger partial charge in [0.05, 0.1) is 12.2 Å². The van der Waals surface area contributed by atoms with Crippen molar-refractivity contribution in [2.45, 2.75) is 6.54 Å². The molecule has 0 atom stereocenters. The van der Waals surface area contributed by atoms with Crippen LogP contribution in [0.25, 0.3) is 0 Å². The lowest BCUT2D eigenvalue weighted by molar-refractivity contribution is 0.199. The van der Waals surface area contributed by atoms with Crippen molar-refractivity contribution in [2.75, 3.05) is 0 Å². The topological polar surface area (TPSA) is 51.2 Å². The quantitative estimate of drug-likeness (QED) is 0.905. The van der Waals surface area contributed by atoms with E-state index >= 15 is 0 Å². The van der Waals surface area contributed by atoms with Gasteiger partial charge in [-0.2, -0.15) is 0 Å². The molecule has 5 heteroatoms. The minimum atomic E-state index is -0.647. The molecule has 1 amide bonds. The zero-order valence-corrected chi connectivity index (χ0v) is 9.47. The van der Waals surface area contributed by atoms with Gasteiger partial charge in [0.2, 0.25) is 0 Å². The number of para-hydroxylation sites is 1. The highest BCUT2D eigenvalue weighted by Gasteiger charge is 2.06. The minimum absolute atomic E-state index is 0.0155. The number of pyridine rings is 1. The van der Waals surface area contributed by atoms with Crippen LogP contribution in [0.15, 0.2) is 48.7 Å². The third-order valence-corrected chi connectivity index (χ3v) is 2.19. The number of hydrogen-bond acceptors (Lipinski definition) is 3. The fraction of sp³-hybridized carbons (Fsp3) is 0.0769. The molecule has 0 spiro atoms. The van der Waals surface area contributed by atoms with Crippen LogP contribution in [0.1, 0.15) is 5.69 Å². The molecule has 2 aromatic rings. The Hall–Kier alpha value is -2.43. The molecule has 0 aliphatic carbocycles. The maximum atomic E-state index is 13.2. The van der Waals surface area contributed by atoms with Crippen molar-refractivity contribution in [1.29, 1.82) is 0 Å². The van der Waals surface area contributed by atoms with Gasteiger partial charge in [0, 0.05) is 6.20 Å². The molecule has 1 heterocycles. The van der Waals surface area contributed by atoms with Crippen LogP contribution in [0, 0.1) is 5.82 Å². The molecule has 0 saturated heterocycles. The Bertz CT molecular complexity index is 532. The zero-order chi connectivity index (χ0) is 12.8. The number of hydrogen-bond donors (Lipinski definition) is 1. The zero-order valence-electron chi connectivity index (χ0n) is 9.47. The van der Waals surface area contributed by atoms with Gasteiger partial charge in [-0.15, -0.1) is 0 Å². The van der Waals surface area contributed by atoms with Gasteiger partial charge < -0.3 is 10.1 Å². The molecule has 92 valence electrons. The first-order valence-corrected chi connectivity index (χ1v) is 5.36. The van der Waals surface area contributed by atoms with Gasteiger partial charge >= 0.3 is 6.09 Å². The summed E-state index contributed by atoms with van der Waals surface area (Å²) < 4.78 is 18.2. The normalized spacial score (nSPS) is 9.83. The van der Waals surface area contributed by atoms with Crippen LogP contribution in [0.3, 0.4) is 0 Å². The third-order valence-electron chi connectivity index (χ3n) is 2.19. The maximum absolute atomic E-state index is 13.2. The molecule has 0 aliphatic heterocycles. The lowest BCUT2D eigenvalue weighted by atomic mass is 10.3. The molecular formula is C13H11FN2O2. The Morgan fingerprint density at radius 3 is 2.72 bits per heavy atom. The van der Waals surface area contributed by atoms with E-state index in [-0.39, 0.29) is 12.2 Å². The highest BCUT2D eigenvalue weighted by molar-refractivity contribution is 5.70. The minimum Gasteiger partial charge on any atom is -0.410 e. The van der Waals surface area contributed by atoms with E-state index < -0.39 is 11.9 Å². The first kappa shape index (κ1) is 12.0. The van der Waals surface area contributed by atoms with Crippen molar-refractivity contribution >= 4 is 6.09 Å². The van der Waals surface area contributed by atoms with Crippen LogP contribution in [0.2, 0.25) is 0 Å². The van der Waals surface area contributed by atoms with Crippen LogP contribution in [0.4, 0.5) is 9.18 Å². The molecule has 1 aromatic carbocycles. The summed E-state index contributed by atoms with van der Waals surface area (Å²) in [6.45, 7) is -0.0155. The SMILES string of the molecule is O=C(NCc1ncccc1F)Oc1ccccc1. The van der Waals surface area contributed by atoms with Crippen LogP contribution in [-0.4, -0.2) is 11.1 Å². The number of amides is 1. The first-order valence-electron chi connectivity index (χ1n) is 5.36. The van der Waals surface area contributed by atoms with Crippen molar-refractivity contribution in [3.8, 4) is 5.75 Å². The molecular weight excluding hydrogens is 235 g/mol. The second kappa shape index (κ2) is 5.77. The average Bonchev–Trinajstić information content (AvgIpc) is 2.39. The van der Waals surface area contributed by atoms with Crippen LogP contribution in [0.5, 0.6) is 5.75 Å². The van der Waals surface area contributed by atoms with E-state index in [9.17, 15) is 9.18 Å². The van der Waals surface area contributed by atoms with Crippen LogP contribution in [-0.2, 0) is 6.54 Å². The molecule has 0 fully saturated rings. The van der Waals surface area contributed by atoms with E-state index in [4.69, 9.17) is 4.74 Å². The van der Waals surface area contributed by atoms with E-state index in [2.05, 4.69) is 10.3 Å². The largest absolute Gasteiger partial charge is 0.412 e. The van der Waals surface area contributed by atoms with Crippen LogP contribution >= 0.6 is 0 Å². The molecule has 1 aromatic heterocycles. The van der Waals surface area contributed by atoms with Crippen molar-refractivity contribution in [3.63, 3.8) is 0 Å². The molecule has 4 nitrogen and oxygen atoms in total. The predicted molar refractivity (Wildman–Crippen MR) is 63.5 cm³/mol. The second-order valence-corrected chi connectivity index (χ2v) is 3.49. The summed E-state index contributed by atoms with van der Waals surface area (Å²) in [5.74, 6) is -0.0333. The van der Waals surface area contributed by atoms with Crippen LogP contribution < -0.4 is 10.1 Å². The van der Waals surface area contributed by atoms with Crippen molar-refractivity contribution in [2.24, 2.45) is 0 Å². The van der Waals surface area contributed by atoms with Crippen molar-refractivity contribution in [3.05, 3.63) is 60.2 Å². The molecule has 0 saturated carbocycles. The Morgan fingerprint density at radius 2 is 2.00 bits per heavy atom. The van der Waals surface area contributed by atoms with E-state index in [1.165, 1.54) is 18.3 Å². The summed E-state index contributed by atoms with van der Waals surface area (Å²) in [6.07, 6.45) is 0.814. The number of nitrogens with zero attached hydrogens (tertiary/aromatic N) is 1. The summed E-state index contributed by atoms with van der Waals surface area (Å²) in [5, 5.41) is 2.42. The number of nitrogens with one attached hydrogen (secondary N) is 1. The summed E-state index contributed by atoms with van der Waals surface area (Å²) in [6, 6.07) is 11.4. The number of ether oxygens (including phenoxy) is 1. The first-order chi connectivity index (χ1) is 8.75. The Kier molecular flexibility index (Phi) is 3.86. The maximum Gasteiger partial charge on any atom is 0.412 e. The van der Waals surface area contributed by atoms with Gasteiger partial charge in [-0.3, -0.25) is 4.98 Å². The molecule has 0 unspecified atom stereocenters. The third kappa shape index (κ3) is 3.28. The Morgan fingerprint density at radius 1 is 1.22 bits per heavy atom. The predicted octanol–water partition coefficient (Wildman–Crippen LogP) is 2.51. The number of carbonyl (C=O) groups excluding carboxylic acids is 1. The molecule has 0 radical (unpaired) electrons. The van der Waals surface area contributed by atoms with E-state index in [0.717, 1.165) is 0 Å². The number of rotatable bonds is 3. The molecule has 2 rings (SSSR count).